The Morgan fingerprint density at radius 1 is 1.04 bits per heavy atom. The number of hydrogen-bond donors (Lipinski definition) is 1. The summed E-state index contributed by atoms with van der Waals surface area (Å²) in [7, 11) is 0. The number of allylic oxidation sites excluding steroid dienone is 1. The average molecular weight is 354 g/mol. The summed E-state index contributed by atoms with van der Waals surface area (Å²) in [5, 5.41) is 2.76. The lowest BCUT2D eigenvalue weighted by Crippen LogP contribution is -1.87. The molecular formula is C25H39N. The molecule has 0 saturated carbocycles. The highest BCUT2D eigenvalue weighted by Crippen LogP contribution is 2.34. The zero-order chi connectivity index (χ0) is 20.3. The maximum atomic E-state index is 3.57. The summed E-state index contributed by atoms with van der Waals surface area (Å²) in [6, 6.07) is 11.1. The second kappa shape index (κ2) is 12.4. The summed E-state index contributed by atoms with van der Waals surface area (Å²) in [4.78, 5) is 3.57. The summed E-state index contributed by atoms with van der Waals surface area (Å²) in [6.45, 7) is 22.4. The maximum absolute atomic E-state index is 3.57. The van der Waals surface area contributed by atoms with E-state index in [4.69, 9.17) is 0 Å². The molecule has 0 spiro atoms. The summed E-state index contributed by atoms with van der Waals surface area (Å²) in [5.74, 6) is 0.550. The molecule has 1 N–H and O–H groups in total. The van der Waals surface area contributed by atoms with Crippen LogP contribution in [0.4, 0.5) is 0 Å². The van der Waals surface area contributed by atoms with E-state index >= 15 is 0 Å². The maximum Gasteiger partial charge on any atom is 0.0494 e. The third-order valence-corrected chi connectivity index (χ3v) is 4.02. The number of aryl methyl sites for hydroxylation is 2. The minimum absolute atomic E-state index is 0.550. The standard InChI is InChI=1S/C17H19N.C4H8.2C2H6/c1-10(2)13-6-5-7-15-16(13)14-9-11(3)8-12(4)17(14)18-15;1-3-4-2;2*1-2/h5-10,18H,1-4H3;3H,1,4H2,2H3;2*1-2H3. The number of aromatic nitrogens is 1. The molecule has 0 aliphatic heterocycles. The molecule has 1 heterocycles. The van der Waals surface area contributed by atoms with E-state index in [0.29, 0.717) is 5.92 Å². The van der Waals surface area contributed by atoms with Gasteiger partial charge < -0.3 is 4.98 Å². The van der Waals surface area contributed by atoms with Crippen LogP contribution >= 0.6 is 0 Å². The molecule has 0 unspecified atom stereocenters. The van der Waals surface area contributed by atoms with Crippen LogP contribution in [-0.2, 0) is 0 Å². The third kappa shape index (κ3) is 5.76. The van der Waals surface area contributed by atoms with E-state index in [9.17, 15) is 0 Å². The molecule has 0 atom stereocenters. The van der Waals surface area contributed by atoms with Gasteiger partial charge in [-0.2, -0.15) is 0 Å². The van der Waals surface area contributed by atoms with Gasteiger partial charge in [0.15, 0.2) is 0 Å². The van der Waals surface area contributed by atoms with Gasteiger partial charge in [-0.25, -0.2) is 0 Å². The lowest BCUT2D eigenvalue weighted by molar-refractivity contribution is 0.877. The first-order chi connectivity index (χ1) is 12.5. The van der Waals surface area contributed by atoms with Gasteiger partial charge in [-0.1, -0.05) is 78.3 Å². The van der Waals surface area contributed by atoms with Crippen LogP contribution in [0.2, 0.25) is 0 Å². The Balaban J connectivity index is 0.000000680. The van der Waals surface area contributed by atoms with Crippen molar-refractivity contribution >= 4 is 21.8 Å². The molecule has 0 aliphatic rings. The number of rotatable bonds is 2. The largest absolute Gasteiger partial charge is 0.354 e. The molecule has 26 heavy (non-hydrogen) atoms. The molecule has 3 rings (SSSR count). The highest BCUT2D eigenvalue weighted by atomic mass is 14.7. The Bertz CT molecular complexity index is 791. The predicted molar refractivity (Wildman–Crippen MR) is 123 cm³/mol. The van der Waals surface area contributed by atoms with Crippen LogP contribution < -0.4 is 0 Å². The first-order valence-corrected chi connectivity index (χ1v) is 10.1. The molecule has 0 amide bonds. The number of aromatic amines is 1. The Kier molecular flexibility index (Phi) is 11.4. The SMILES string of the molecule is C=CCC.CC.CC.Cc1cc(C)c2[nH]c3cccc(C(C)C)c3c2c1. The zero-order valence-corrected chi connectivity index (χ0v) is 18.5. The van der Waals surface area contributed by atoms with Crippen molar-refractivity contribution in [2.24, 2.45) is 0 Å². The summed E-state index contributed by atoms with van der Waals surface area (Å²) in [6.07, 6.45) is 2.96. The molecule has 1 aromatic heterocycles. The van der Waals surface area contributed by atoms with Gasteiger partial charge in [-0.15, -0.1) is 6.58 Å². The van der Waals surface area contributed by atoms with E-state index in [2.05, 4.69) is 76.5 Å². The third-order valence-electron chi connectivity index (χ3n) is 4.02. The number of benzene rings is 2. The van der Waals surface area contributed by atoms with Crippen LogP contribution in [0.25, 0.3) is 21.8 Å². The van der Waals surface area contributed by atoms with Crippen molar-refractivity contribution < 1.29 is 0 Å². The van der Waals surface area contributed by atoms with Crippen molar-refractivity contribution in [1.29, 1.82) is 0 Å². The van der Waals surface area contributed by atoms with E-state index in [1.54, 1.807) is 0 Å². The fourth-order valence-electron chi connectivity index (χ4n) is 2.92. The number of fused-ring (bicyclic) bond motifs is 3. The Hall–Kier alpha value is -2.02. The summed E-state index contributed by atoms with van der Waals surface area (Å²) in [5.41, 5.74) is 6.63. The van der Waals surface area contributed by atoms with E-state index in [-0.39, 0.29) is 0 Å². The molecule has 144 valence electrons. The second-order valence-corrected chi connectivity index (χ2v) is 6.25. The van der Waals surface area contributed by atoms with Crippen molar-refractivity contribution in [3.63, 3.8) is 0 Å². The molecular weight excluding hydrogens is 314 g/mol. The van der Waals surface area contributed by atoms with Crippen molar-refractivity contribution in [1.82, 2.24) is 4.98 Å². The number of nitrogens with one attached hydrogen (secondary N) is 1. The first-order valence-electron chi connectivity index (χ1n) is 10.1. The van der Waals surface area contributed by atoms with Crippen LogP contribution in [0.5, 0.6) is 0 Å². The van der Waals surface area contributed by atoms with Gasteiger partial charge in [0, 0.05) is 21.8 Å². The zero-order valence-electron chi connectivity index (χ0n) is 18.5. The van der Waals surface area contributed by atoms with E-state index in [0.717, 1.165) is 6.42 Å². The highest BCUT2D eigenvalue weighted by Gasteiger charge is 2.12. The number of hydrogen-bond acceptors (Lipinski definition) is 0. The van der Waals surface area contributed by atoms with Crippen molar-refractivity contribution in [3.8, 4) is 0 Å². The van der Waals surface area contributed by atoms with Crippen LogP contribution in [-0.4, -0.2) is 4.98 Å². The van der Waals surface area contributed by atoms with E-state index in [1.807, 2.05) is 33.8 Å². The molecule has 0 radical (unpaired) electrons. The van der Waals surface area contributed by atoms with Gasteiger partial charge in [-0.3, -0.25) is 0 Å². The second-order valence-electron chi connectivity index (χ2n) is 6.25. The summed E-state index contributed by atoms with van der Waals surface area (Å²) >= 11 is 0. The molecule has 0 bridgehead atoms. The normalized spacial score (nSPS) is 9.62. The molecule has 0 aliphatic carbocycles. The highest BCUT2D eigenvalue weighted by molar-refractivity contribution is 6.10. The van der Waals surface area contributed by atoms with Gasteiger partial charge in [0.2, 0.25) is 0 Å². The number of H-pyrrole nitrogens is 1. The molecule has 1 heteroatoms. The van der Waals surface area contributed by atoms with Gasteiger partial charge in [-0.05, 0) is 49.4 Å². The van der Waals surface area contributed by atoms with Crippen molar-refractivity contribution in [2.75, 3.05) is 0 Å². The van der Waals surface area contributed by atoms with Crippen LogP contribution in [0.1, 0.15) is 77.5 Å². The quantitative estimate of drug-likeness (QED) is 0.443. The monoisotopic (exact) mass is 353 g/mol. The summed E-state index contributed by atoms with van der Waals surface area (Å²) < 4.78 is 0. The molecule has 0 saturated heterocycles. The van der Waals surface area contributed by atoms with Gasteiger partial charge in [0.1, 0.15) is 0 Å². The lowest BCUT2D eigenvalue weighted by atomic mass is 9.96. The average Bonchev–Trinajstić information content (AvgIpc) is 3.04. The van der Waals surface area contributed by atoms with E-state index in [1.165, 1.54) is 38.5 Å². The van der Waals surface area contributed by atoms with Crippen molar-refractivity contribution in [3.05, 3.63) is 59.7 Å². The Labute approximate surface area is 161 Å². The minimum atomic E-state index is 0.550. The first kappa shape index (κ1) is 24.0. The molecule has 0 fully saturated rings. The van der Waals surface area contributed by atoms with E-state index < -0.39 is 0 Å². The van der Waals surface area contributed by atoms with Gasteiger partial charge in [0.05, 0.1) is 0 Å². The molecule has 3 aromatic rings. The van der Waals surface area contributed by atoms with Crippen molar-refractivity contribution in [2.45, 2.75) is 74.7 Å². The Morgan fingerprint density at radius 3 is 2.12 bits per heavy atom. The fourth-order valence-corrected chi connectivity index (χ4v) is 2.92. The molecule has 1 nitrogen and oxygen atoms in total. The molecule has 2 aromatic carbocycles. The smallest absolute Gasteiger partial charge is 0.0494 e. The predicted octanol–water partition coefficient (Wildman–Crippen LogP) is 8.70. The van der Waals surface area contributed by atoms with Gasteiger partial charge in [0.25, 0.3) is 0 Å². The fraction of sp³-hybridized carbons (Fsp3) is 0.440. The topological polar surface area (TPSA) is 15.8 Å². The minimum Gasteiger partial charge on any atom is -0.354 e. The van der Waals surface area contributed by atoms with Gasteiger partial charge >= 0.3 is 0 Å². The Morgan fingerprint density at radius 2 is 1.62 bits per heavy atom. The van der Waals surface area contributed by atoms with Crippen LogP contribution in [0, 0.1) is 13.8 Å². The van der Waals surface area contributed by atoms with Crippen LogP contribution in [0.15, 0.2) is 43.0 Å². The van der Waals surface area contributed by atoms with Crippen LogP contribution in [0.3, 0.4) is 0 Å². The lowest BCUT2D eigenvalue weighted by Gasteiger charge is -2.07.